The van der Waals surface area contributed by atoms with Gasteiger partial charge in [-0.25, -0.2) is 4.98 Å². The fraction of sp³-hybridized carbons (Fsp3) is 0.0833. The average Bonchev–Trinajstić information content (AvgIpc) is 2.34. The second kappa shape index (κ2) is 5.70. The highest BCUT2D eigenvalue weighted by atomic mass is 79.9. The van der Waals surface area contributed by atoms with Crippen LogP contribution in [-0.4, -0.2) is 4.98 Å². The van der Waals surface area contributed by atoms with Gasteiger partial charge in [-0.15, -0.1) is 0 Å². The number of rotatable bonds is 2. The van der Waals surface area contributed by atoms with Gasteiger partial charge in [0.1, 0.15) is 5.03 Å². The molecule has 0 aliphatic heterocycles. The fourth-order valence-electron chi connectivity index (χ4n) is 1.30. The van der Waals surface area contributed by atoms with Crippen molar-refractivity contribution in [2.24, 2.45) is 0 Å². The van der Waals surface area contributed by atoms with E-state index in [1.54, 1.807) is 18.3 Å². The SMILES string of the molecule is Cc1c(N)cnc(Sc2cc(Cl)ccc2Cl)c1Br. The Morgan fingerprint density at radius 3 is 2.78 bits per heavy atom. The number of aromatic nitrogens is 1. The van der Waals surface area contributed by atoms with Crippen LogP contribution in [0.15, 0.2) is 38.8 Å². The Morgan fingerprint density at radius 1 is 1.33 bits per heavy atom. The predicted octanol–water partition coefficient (Wildman–Crippen LogP) is 5.19. The fourth-order valence-corrected chi connectivity index (χ4v) is 3.25. The summed E-state index contributed by atoms with van der Waals surface area (Å²) in [5.74, 6) is 0. The van der Waals surface area contributed by atoms with Crippen LogP contribution < -0.4 is 5.73 Å². The van der Waals surface area contributed by atoms with Gasteiger partial charge < -0.3 is 5.73 Å². The maximum absolute atomic E-state index is 6.12. The summed E-state index contributed by atoms with van der Waals surface area (Å²) in [6, 6.07) is 5.34. The van der Waals surface area contributed by atoms with Gasteiger partial charge in [-0.05, 0) is 46.6 Å². The topological polar surface area (TPSA) is 38.9 Å². The van der Waals surface area contributed by atoms with Crippen molar-refractivity contribution in [2.75, 3.05) is 5.73 Å². The van der Waals surface area contributed by atoms with Crippen LogP contribution >= 0.6 is 50.9 Å². The average molecular weight is 364 g/mol. The third-order valence-corrected chi connectivity index (χ3v) is 5.34. The number of hydrogen-bond acceptors (Lipinski definition) is 3. The van der Waals surface area contributed by atoms with Gasteiger partial charge in [0.25, 0.3) is 0 Å². The molecule has 0 unspecified atom stereocenters. The molecule has 0 spiro atoms. The van der Waals surface area contributed by atoms with Crippen molar-refractivity contribution in [3.63, 3.8) is 0 Å². The molecule has 1 aromatic carbocycles. The van der Waals surface area contributed by atoms with Crippen LogP contribution in [0.1, 0.15) is 5.56 Å². The standard InChI is InChI=1S/C12H9BrCl2N2S/c1-6-9(16)5-17-12(11(6)13)18-10-4-7(14)2-3-8(10)15/h2-5H,16H2,1H3. The number of nitrogens with two attached hydrogens (primary N) is 1. The molecule has 94 valence electrons. The first-order valence-electron chi connectivity index (χ1n) is 5.02. The van der Waals surface area contributed by atoms with Gasteiger partial charge in [-0.3, -0.25) is 0 Å². The number of nitrogen functional groups attached to an aromatic ring is 1. The van der Waals surface area contributed by atoms with Crippen LogP contribution in [0, 0.1) is 6.92 Å². The van der Waals surface area contributed by atoms with E-state index in [4.69, 9.17) is 28.9 Å². The molecule has 0 atom stereocenters. The molecule has 0 radical (unpaired) electrons. The molecular weight excluding hydrogens is 355 g/mol. The minimum absolute atomic E-state index is 0.644. The second-order valence-corrected chi connectivity index (χ2v) is 6.30. The van der Waals surface area contributed by atoms with Crippen LogP contribution in [0.25, 0.3) is 0 Å². The van der Waals surface area contributed by atoms with Gasteiger partial charge in [0.2, 0.25) is 0 Å². The van der Waals surface area contributed by atoms with Gasteiger partial charge in [-0.1, -0.05) is 35.0 Å². The van der Waals surface area contributed by atoms with Crippen molar-refractivity contribution in [3.05, 3.63) is 44.5 Å². The smallest absolute Gasteiger partial charge is 0.115 e. The van der Waals surface area contributed by atoms with Gasteiger partial charge >= 0.3 is 0 Å². The molecular formula is C12H9BrCl2N2S. The van der Waals surface area contributed by atoms with Crippen LogP contribution in [0.2, 0.25) is 10.0 Å². The van der Waals surface area contributed by atoms with Crippen LogP contribution in [0.5, 0.6) is 0 Å². The lowest BCUT2D eigenvalue weighted by atomic mass is 10.3. The molecule has 0 amide bonds. The molecule has 2 nitrogen and oxygen atoms in total. The van der Waals surface area contributed by atoms with E-state index in [9.17, 15) is 0 Å². The Labute approximate surface area is 128 Å². The summed E-state index contributed by atoms with van der Waals surface area (Å²) in [6.07, 6.45) is 1.64. The summed E-state index contributed by atoms with van der Waals surface area (Å²) in [5, 5.41) is 2.10. The molecule has 2 aromatic rings. The number of hydrogen-bond donors (Lipinski definition) is 1. The van der Waals surface area contributed by atoms with Crippen molar-refractivity contribution >= 4 is 56.6 Å². The summed E-state index contributed by atoms with van der Waals surface area (Å²) < 4.78 is 0.878. The number of anilines is 1. The second-order valence-electron chi connectivity index (χ2n) is 3.63. The largest absolute Gasteiger partial charge is 0.397 e. The Balaban J connectivity index is 2.40. The molecule has 0 aliphatic carbocycles. The van der Waals surface area contributed by atoms with Crippen molar-refractivity contribution in [1.82, 2.24) is 4.98 Å². The minimum Gasteiger partial charge on any atom is -0.397 e. The van der Waals surface area contributed by atoms with Crippen LogP contribution in [0.3, 0.4) is 0 Å². The molecule has 1 heterocycles. The van der Waals surface area contributed by atoms with Crippen molar-refractivity contribution < 1.29 is 0 Å². The highest BCUT2D eigenvalue weighted by Crippen LogP contribution is 2.39. The van der Waals surface area contributed by atoms with Gasteiger partial charge in [0.15, 0.2) is 0 Å². The van der Waals surface area contributed by atoms with E-state index in [-0.39, 0.29) is 0 Å². The zero-order valence-electron chi connectivity index (χ0n) is 9.38. The van der Waals surface area contributed by atoms with Crippen molar-refractivity contribution in [2.45, 2.75) is 16.8 Å². The molecule has 18 heavy (non-hydrogen) atoms. The summed E-state index contributed by atoms with van der Waals surface area (Å²) in [7, 11) is 0. The highest BCUT2D eigenvalue weighted by Gasteiger charge is 2.11. The van der Waals surface area contributed by atoms with E-state index in [0.29, 0.717) is 15.7 Å². The third-order valence-electron chi connectivity index (χ3n) is 2.37. The Kier molecular flexibility index (Phi) is 4.43. The van der Waals surface area contributed by atoms with Crippen LogP contribution in [0.4, 0.5) is 5.69 Å². The lowest BCUT2D eigenvalue weighted by Crippen LogP contribution is -1.94. The predicted molar refractivity (Wildman–Crippen MR) is 81.7 cm³/mol. The molecule has 0 bridgehead atoms. The lowest BCUT2D eigenvalue weighted by Gasteiger charge is -2.09. The van der Waals surface area contributed by atoms with E-state index in [1.807, 2.05) is 13.0 Å². The lowest BCUT2D eigenvalue weighted by molar-refractivity contribution is 1.09. The van der Waals surface area contributed by atoms with Gasteiger partial charge in [0.05, 0.1) is 21.4 Å². The van der Waals surface area contributed by atoms with E-state index >= 15 is 0 Å². The third kappa shape index (κ3) is 2.94. The van der Waals surface area contributed by atoms with Crippen molar-refractivity contribution in [3.8, 4) is 0 Å². The zero-order valence-corrected chi connectivity index (χ0v) is 13.3. The molecule has 0 aliphatic rings. The molecule has 0 saturated carbocycles. The molecule has 0 fully saturated rings. The monoisotopic (exact) mass is 362 g/mol. The van der Waals surface area contributed by atoms with Crippen molar-refractivity contribution in [1.29, 1.82) is 0 Å². The minimum atomic E-state index is 0.644. The normalized spacial score (nSPS) is 10.7. The first kappa shape index (κ1) is 14.0. The molecule has 2 N–H and O–H groups in total. The van der Waals surface area contributed by atoms with Crippen LogP contribution in [-0.2, 0) is 0 Å². The number of benzene rings is 1. The van der Waals surface area contributed by atoms with E-state index in [1.165, 1.54) is 11.8 Å². The molecule has 2 rings (SSSR count). The Morgan fingerprint density at radius 2 is 2.06 bits per heavy atom. The summed E-state index contributed by atoms with van der Waals surface area (Å²) in [6.45, 7) is 1.94. The van der Waals surface area contributed by atoms with E-state index in [2.05, 4.69) is 20.9 Å². The maximum atomic E-state index is 6.12. The van der Waals surface area contributed by atoms with E-state index < -0.39 is 0 Å². The Hall–Kier alpha value is -0.420. The highest BCUT2D eigenvalue weighted by molar-refractivity contribution is 9.10. The first-order chi connectivity index (χ1) is 8.49. The molecule has 6 heteroatoms. The number of nitrogens with zero attached hydrogens (tertiary/aromatic N) is 1. The summed E-state index contributed by atoms with van der Waals surface area (Å²) >= 11 is 17.0. The quantitative estimate of drug-likeness (QED) is 0.797. The maximum Gasteiger partial charge on any atom is 0.115 e. The zero-order chi connectivity index (χ0) is 13.3. The van der Waals surface area contributed by atoms with Gasteiger partial charge in [-0.2, -0.15) is 0 Å². The van der Waals surface area contributed by atoms with E-state index in [0.717, 1.165) is 20.0 Å². The first-order valence-corrected chi connectivity index (χ1v) is 7.39. The summed E-state index contributed by atoms with van der Waals surface area (Å²) in [4.78, 5) is 5.16. The summed E-state index contributed by atoms with van der Waals surface area (Å²) in [5.41, 5.74) is 7.41. The van der Waals surface area contributed by atoms with Gasteiger partial charge in [0, 0.05) is 9.92 Å². The number of halogens is 3. The molecule has 1 aromatic heterocycles. The number of pyridine rings is 1. The Bertz CT molecular complexity index is 605. The molecule has 0 saturated heterocycles.